The van der Waals surface area contributed by atoms with Crippen molar-refractivity contribution < 1.29 is 14.7 Å². The number of nitrogens with zero attached hydrogens (tertiary/aromatic N) is 1. The van der Waals surface area contributed by atoms with Crippen LogP contribution < -0.4 is 5.32 Å². The van der Waals surface area contributed by atoms with Gasteiger partial charge in [0.1, 0.15) is 5.69 Å². The molecule has 7 heteroatoms. The van der Waals surface area contributed by atoms with Gasteiger partial charge in [-0.15, -0.1) is 0 Å². The van der Waals surface area contributed by atoms with Gasteiger partial charge in [-0.05, 0) is 30.3 Å². The van der Waals surface area contributed by atoms with Crippen molar-refractivity contribution >= 4 is 40.8 Å². The van der Waals surface area contributed by atoms with Gasteiger partial charge >= 0.3 is 5.97 Å². The molecule has 2 aromatic rings. The fraction of sp³-hybridized carbons (Fsp3) is 0. The van der Waals surface area contributed by atoms with Gasteiger partial charge in [0.25, 0.3) is 5.91 Å². The maximum Gasteiger partial charge on any atom is 0.354 e. The van der Waals surface area contributed by atoms with Crippen LogP contribution in [-0.4, -0.2) is 22.0 Å². The molecule has 2 N–H and O–H groups in total. The molecule has 0 bridgehead atoms. The second-order valence-corrected chi connectivity index (χ2v) is 4.63. The monoisotopic (exact) mass is 310 g/mol. The summed E-state index contributed by atoms with van der Waals surface area (Å²) in [5, 5.41) is 11.9. The van der Waals surface area contributed by atoms with Gasteiger partial charge in [-0.25, -0.2) is 9.78 Å². The lowest BCUT2D eigenvalue weighted by molar-refractivity contribution is 0.0690. The minimum atomic E-state index is -1.13. The molecule has 0 saturated carbocycles. The van der Waals surface area contributed by atoms with Gasteiger partial charge in [0.15, 0.2) is 0 Å². The van der Waals surface area contributed by atoms with Gasteiger partial charge in [-0.2, -0.15) is 0 Å². The van der Waals surface area contributed by atoms with Crippen LogP contribution in [0.25, 0.3) is 0 Å². The number of amides is 1. The molecule has 1 heterocycles. The Morgan fingerprint density at radius 3 is 2.40 bits per heavy atom. The number of carbonyl (C=O) groups excluding carboxylic acids is 1. The Bertz CT molecular complexity index is 672. The number of hydrogen-bond acceptors (Lipinski definition) is 3. The van der Waals surface area contributed by atoms with Crippen molar-refractivity contribution in [3.63, 3.8) is 0 Å². The smallest absolute Gasteiger partial charge is 0.354 e. The predicted molar refractivity (Wildman–Crippen MR) is 75.6 cm³/mol. The van der Waals surface area contributed by atoms with Crippen LogP contribution in [0.5, 0.6) is 0 Å². The molecule has 0 radical (unpaired) electrons. The molecule has 0 unspecified atom stereocenters. The number of carboxylic acids is 1. The molecular formula is C13H8Cl2N2O3. The van der Waals surface area contributed by atoms with E-state index in [2.05, 4.69) is 10.3 Å². The van der Waals surface area contributed by atoms with E-state index in [0.717, 1.165) is 0 Å². The van der Waals surface area contributed by atoms with Gasteiger partial charge < -0.3 is 10.4 Å². The molecule has 0 spiro atoms. The Morgan fingerprint density at radius 1 is 1.10 bits per heavy atom. The topological polar surface area (TPSA) is 79.3 Å². The summed E-state index contributed by atoms with van der Waals surface area (Å²) in [5.41, 5.74) is 0.616. The molecule has 1 aromatic heterocycles. The van der Waals surface area contributed by atoms with Crippen LogP contribution in [0.15, 0.2) is 36.5 Å². The minimum Gasteiger partial charge on any atom is -0.477 e. The Morgan fingerprint density at radius 2 is 1.85 bits per heavy atom. The molecule has 0 aliphatic rings. The minimum absolute atomic E-state index is 0.0995. The van der Waals surface area contributed by atoms with E-state index in [1.54, 1.807) is 0 Å². The summed E-state index contributed by atoms with van der Waals surface area (Å²) in [6.07, 6.45) is 1.26. The molecule has 0 aliphatic carbocycles. The molecule has 0 fully saturated rings. The molecule has 102 valence electrons. The Labute approximate surface area is 124 Å². The standard InChI is InChI=1S/C13H8Cl2N2O3/c14-9-3-1-7(5-10(9)15)12(18)17-8-2-4-11(13(19)20)16-6-8/h1-6H,(H,17,18)(H,19,20). The van der Waals surface area contributed by atoms with Crippen molar-refractivity contribution in [3.8, 4) is 0 Å². The first-order valence-corrected chi connectivity index (χ1v) is 6.18. The van der Waals surface area contributed by atoms with E-state index in [9.17, 15) is 9.59 Å². The van der Waals surface area contributed by atoms with E-state index in [-0.39, 0.29) is 10.7 Å². The lowest BCUT2D eigenvalue weighted by Crippen LogP contribution is -2.12. The van der Waals surface area contributed by atoms with Crippen LogP contribution in [0, 0.1) is 0 Å². The quantitative estimate of drug-likeness (QED) is 0.911. The summed E-state index contributed by atoms with van der Waals surface area (Å²) in [4.78, 5) is 26.3. The van der Waals surface area contributed by atoms with Gasteiger partial charge in [0.05, 0.1) is 21.9 Å². The number of aromatic nitrogens is 1. The number of rotatable bonds is 3. The molecule has 5 nitrogen and oxygen atoms in total. The Balaban J connectivity index is 2.14. The van der Waals surface area contributed by atoms with Crippen molar-refractivity contribution in [2.24, 2.45) is 0 Å². The molecule has 1 amide bonds. The number of anilines is 1. The fourth-order valence-corrected chi connectivity index (χ4v) is 1.73. The van der Waals surface area contributed by atoms with Crippen molar-refractivity contribution in [1.82, 2.24) is 4.98 Å². The van der Waals surface area contributed by atoms with Crippen molar-refractivity contribution in [3.05, 3.63) is 57.8 Å². The Kier molecular flexibility index (Phi) is 4.22. The Hall–Kier alpha value is -2.11. The van der Waals surface area contributed by atoms with Crippen LogP contribution in [0.4, 0.5) is 5.69 Å². The van der Waals surface area contributed by atoms with Gasteiger partial charge in [-0.3, -0.25) is 4.79 Å². The lowest BCUT2D eigenvalue weighted by atomic mass is 10.2. The summed E-state index contributed by atoms with van der Waals surface area (Å²) >= 11 is 11.6. The number of halogens is 2. The van der Waals surface area contributed by atoms with E-state index in [1.807, 2.05) is 0 Å². The second-order valence-electron chi connectivity index (χ2n) is 3.82. The normalized spacial score (nSPS) is 10.1. The zero-order chi connectivity index (χ0) is 14.7. The highest BCUT2D eigenvalue weighted by Gasteiger charge is 2.09. The zero-order valence-corrected chi connectivity index (χ0v) is 11.4. The summed E-state index contributed by atoms with van der Waals surface area (Å²) in [6, 6.07) is 7.24. The molecular weight excluding hydrogens is 303 g/mol. The third-order valence-corrected chi connectivity index (χ3v) is 3.16. The third kappa shape index (κ3) is 3.26. The van der Waals surface area contributed by atoms with Crippen LogP contribution in [-0.2, 0) is 0 Å². The van der Waals surface area contributed by atoms with Crippen molar-refractivity contribution in [1.29, 1.82) is 0 Å². The number of carboxylic acid groups (broad SMARTS) is 1. The number of hydrogen-bond donors (Lipinski definition) is 2. The molecule has 0 atom stereocenters. The number of pyridine rings is 1. The summed E-state index contributed by atoms with van der Waals surface area (Å²) in [6.45, 7) is 0. The summed E-state index contributed by atoms with van der Waals surface area (Å²) in [7, 11) is 0. The largest absolute Gasteiger partial charge is 0.477 e. The second kappa shape index (κ2) is 5.90. The molecule has 0 aliphatic heterocycles. The number of nitrogens with one attached hydrogen (secondary N) is 1. The first kappa shape index (κ1) is 14.3. The average Bonchev–Trinajstić information content (AvgIpc) is 2.42. The average molecular weight is 311 g/mol. The van der Waals surface area contributed by atoms with Crippen LogP contribution >= 0.6 is 23.2 Å². The van der Waals surface area contributed by atoms with E-state index < -0.39 is 11.9 Å². The fourth-order valence-electron chi connectivity index (χ4n) is 1.43. The van der Waals surface area contributed by atoms with Gasteiger partial charge in [-0.1, -0.05) is 23.2 Å². The van der Waals surface area contributed by atoms with Gasteiger partial charge in [0.2, 0.25) is 0 Å². The van der Waals surface area contributed by atoms with E-state index in [4.69, 9.17) is 28.3 Å². The van der Waals surface area contributed by atoms with E-state index in [1.165, 1.54) is 36.5 Å². The maximum absolute atomic E-state index is 11.9. The predicted octanol–water partition coefficient (Wildman–Crippen LogP) is 3.34. The van der Waals surface area contributed by atoms with Crippen LogP contribution in [0.2, 0.25) is 10.0 Å². The molecule has 20 heavy (non-hydrogen) atoms. The maximum atomic E-state index is 11.9. The van der Waals surface area contributed by atoms with Crippen molar-refractivity contribution in [2.75, 3.05) is 5.32 Å². The zero-order valence-electron chi connectivity index (χ0n) is 9.93. The first-order chi connectivity index (χ1) is 9.47. The summed E-state index contributed by atoms with van der Waals surface area (Å²) < 4.78 is 0. The first-order valence-electron chi connectivity index (χ1n) is 5.43. The van der Waals surface area contributed by atoms with Crippen molar-refractivity contribution in [2.45, 2.75) is 0 Å². The number of benzene rings is 1. The van der Waals surface area contributed by atoms with Crippen LogP contribution in [0.3, 0.4) is 0 Å². The molecule has 2 rings (SSSR count). The molecule has 0 saturated heterocycles. The summed E-state index contributed by atoms with van der Waals surface area (Å²) in [5.74, 6) is -1.53. The SMILES string of the molecule is O=C(Nc1ccc(C(=O)O)nc1)c1ccc(Cl)c(Cl)c1. The lowest BCUT2D eigenvalue weighted by Gasteiger charge is -2.06. The van der Waals surface area contributed by atoms with Crippen LogP contribution in [0.1, 0.15) is 20.8 Å². The number of aromatic carboxylic acids is 1. The third-order valence-electron chi connectivity index (χ3n) is 2.42. The molecule has 1 aromatic carbocycles. The highest BCUT2D eigenvalue weighted by Crippen LogP contribution is 2.23. The highest BCUT2D eigenvalue weighted by atomic mass is 35.5. The van der Waals surface area contributed by atoms with E-state index in [0.29, 0.717) is 16.3 Å². The van der Waals surface area contributed by atoms with Gasteiger partial charge in [0, 0.05) is 5.56 Å². The highest BCUT2D eigenvalue weighted by molar-refractivity contribution is 6.42. The van der Waals surface area contributed by atoms with E-state index >= 15 is 0 Å². The number of carbonyl (C=O) groups is 2.